The molecule has 0 aliphatic heterocycles. The number of hydrogen-bond donors (Lipinski definition) is 2. The standard InChI is InChI=1S/C17H21N3O3/c1-11(2)9-14(17(22)23)18-16(21)15-12(3)10-20(19-15)13-7-5-4-6-8-13/h4-8,10-11,14H,9H2,1-3H3,(H,18,21)(H,22,23)/t14-/m0/s1. The van der Waals surface area contributed by atoms with Gasteiger partial charge in [0.2, 0.25) is 0 Å². The van der Waals surface area contributed by atoms with Crippen molar-refractivity contribution < 1.29 is 14.7 Å². The fraction of sp³-hybridized carbons (Fsp3) is 0.353. The average Bonchev–Trinajstić information content (AvgIpc) is 2.89. The number of carbonyl (C=O) groups excluding carboxylic acids is 1. The zero-order valence-electron chi connectivity index (χ0n) is 13.5. The molecule has 1 heterocycles. The van der Waals surface area contributed by atoms with Gasteiger partial charge in [0.05, 0.1) is 5.69 Å². The molecule has 1 aromatic heterocycles. The molecule has 6 heteroatoms. The van der Waals surface area contributed by atoms with Crippen molar-refractivity contribution in [3.05, 3.63) is 47.8 Å². The molecule has 2 N–H and O–H groups in total. The third kappa shape index (κ3) is 4.18. The Kier molecular flexibility index (Phi) is 5.16. The monoisotopic (exact) mass is 315 g/mol. The van der Waals surface area contributed by atoms with E-state index in [0.717, 1.165) is 5.69 Å². The van der Waals surface area contributed by atoms with Crippen LogP contribution in [0.2, 0.25) is 0 Å². The lowest BCUT2D eigenvalue weighted by molar-refractivity contribution is -0.139. The van der Waals surface area contributed by atoms with Crippen LogP contribution in [-0.4, -0.2) is 32.8 Å². The van der Waals surface area contributed by atoms with Gasteiger partial charge in [0, 0.05) is 11.8 Å². The number of nitrogens with one attached hydrogen (secondary N) is 1. The van der Waals surface area contributed by atoms with Gasteiger partial charge >= 0.3 is 5.97 Å². The molecule has 0 fully saturated rings. The number of para-hydroxylation sites is 1. The molecule has 0 saturated heterocycles. The summed E-state index contributed by atoms with van der Waals surface area (Å²) in [6.07, 6.45) is 2.13. The molecule has 23 heavy (non-hydrogen) atoms. The van der Waals surface area contributed by atoms with Crippen LogP contribution >= 0.6 is 0 Å². The van der Waals surface area contributed by atoms with Crippen molar-refractivity contribution >= 4 is 11.9 Å². The van der Waals surface area contributed by atoms with Crippen LogP contribution in [0.5, 0.6) is 0 Å². The summed E-state index contributed by atoms with van der Waals surface area (Å²) in [6.45, 7) is 5.61. The predicted octanol–water partition coefficient (Wildman–Crippen LogP) is 2.41. The zero-order chi connectivity index (χ0) is 17.0. The maximum atomic E-state index is 12.4. The Morgan fingerprint density at radius 3 is 2.48 bits per heavy atom. The molecule has 1 atom stereocenters. The molecule has 0 radical (unpaired) electrons. The lowest BCUT2D eigenvalue weighted by Gasteiger charge is -2.15. The van der Waals surface area contributed by atoms with E-state index in [4.69, 9.17) is 0 Å². The highest BCUT2D eigenvalue weighted by atomic mass is 16.4. The van der Waals surface area contributed by atoms with Crippen molar-refractivity contribution in [1.82, 2.24) is 15.1 Å². The number of aromatic nitrogens is 2. The third-order valence-electron chi connectivity index (χ3n) is 3.44. The largest absolute Gasteiger partial charge is 0.480 e. The van der Waals surface area contributed by atoms with E-state index in [2.05, 4.69) is 10.4 Å². The van der Waals surface area contributed by atoms with Crippen LogP contribution in [0.4, 0.5) is 0 Å². The first-order valence-electron chi connectivity index (χ1n) is 7.54. The first kappa shape index (κ1) is 16.7. The first-order chi connectivity index (χ1) is 10.9. The Morgan fingerprint density at radius 1 is 1.26 bits per heavy atom. The summed E-state index contributed by atoms with van der Waals surface area (Å²) in [5.41, 5.74) is 1.77. The van der Waals surface area contributed by atoms with Gasteiger partial charge in [0.15, 0.2) is 5.69 Å². The van der Waals surface area contributed by atoms with Gasteiger partial charge in [-0.3, -0.25) is 4.79 Å². The fourth-order valence-corrected chi connectivity index (χ4v) is 2.32. The van der Waals surface area contributed by atoms with Crippen molar-refractivity contribution in [3.63, 3.8) is 0 Å². The lowest BCUT2D eigenvalue weighted by atomic mass is 10.0. The Labute approximate surface area is 135 Å². The number of aryl methyl sites for hydroxylation is 1. The van der Waals surface area contributed by atoms with Gasteiger partial charge in [-0.25, -0.2) is 9.48 Å². The number of hydrogen-bond acceptors (Lipinski definition) is 3. The number of carbonyl (C=O) groups is 2. The number of amides is 1. The minimum atomic E-state index is -1.04. The van der Waals surface area contributed by atoms with E-state index in [0.29, 0.717) is 12.0 Å². The first-order valence-corrected chi connectivity index (χ1v) is 7.54. The quantitative estimate of drug-likeness (QED) is 0.857. The number of carboxylic acid groups (broad SMARTS) is 1. The van der Waals surface area contributed by atoms with E-state index in [9.17, 15) is 14.7 Å². The summed E-state index contributed by atoms with van der Waals surface area (Å²) >= 11 is 0. The normalized spacial score (nSPS) is 12.2. The zero-order valence-corrected chi connectivity index (χ0v) is 13.5. The van der Waals surface area contributed by atoms with Crippen LogP contribution in [0.15, 0.2) is 36.5 Å². The molecule has 2 aromatic rings. The number of rotatable bonds is 6. The van der Waals surface area contributed by atoms with Crippen LogP contribution in [0.25, 0.3) is 5.69 Å². The molecule has 0 aliphatic rings. The van der Waals surface area contributed by atoms with E-state index >= 15 is 0 Å². The van der Waals surface area contributed by atoms with Gasteiger partial charge in [-0.15, -0.1) is 0 Å². The molecule has 1 aromatic carbocycles. The second-order valence-electron chi connectivity index (χ2n) is 5.93. The molecule has 2 rings (SSSR count). The number of aliphatic carboxylic acids is 1. The van der Waals surface area contributed by atoms with Crippen molar-refractivity contribution in [1.29, 1.82) is 0 Å². The molecule has 122 valence electrons. The van der Waals surface area contributed by atoms with Crippen LogP contribution in [0.3, 0.4) is 0 Å². The minimum Gasteiger partial charge on any atom is -0.480 e. The second kappa shape index (κ2) is 7.09. The maximum Gasteiger partial charge on any atom is 0.326 e. The second-order valence-corrected chi connectivity index (χ2v) is 5.93. The molecule has 0 saturated carbocycles. The summed E-state index contributed by atoms with van der Waals surface area (Å²) in [7, 11) is 0. The Morgan fingerprint density at radius 2 is 1.91 bits per heavy atom. The third-order valence-corrected chi connectivity index (χ3v) is 3.44. The van der Waals surface area contributed by atoms with Crippen LogP contribution < -0.4 is 5.32 Å². The molecule has 0 bridgehead atoms. The van der Waals surface area contributed by atoms with Crippen molar-refractivity contribution in [2.24, 2.45) is 5.92 Å². The Bertz CT molecular complexity index is 692. The van der Waals surface area contributed by atoms with Crippen molar-refractivity contribution in [2.75, 3.05) is 0 Å². The van der Waals surface area contributed by atoms with Crippen molar-refractivity contribution in [2.45, 2.75) is 33.2 Å². The van der Waals surface area contributed by atoms with Crippen LogP contribution in [-0.2, 0) is 4.79 Å². The highest BCUT2D eigenvalue weighted by Crippen LogP contribution is 2.12. The minimum absolute atomic E-state index is 0.166. The number of carboxylic acids is 1. The smallest absolute Gasteiger partial charge is 0.326 e. The van der Waals surface area contributed by atoms with Gasteiger partial charge in [0.1, 0.15) is 6.04 Å². The van der Waals surface area contributed by atoms with Crippen molar-refractivity contribution in [3.8, 4) is 5.69 Å². The van der Waals surface area contributed by atoms with E-state index in [1.54, 1.807) is 17.8 Å². The highest BCUT2D eigenvalue weighted by molar-refractivity contribution is 5.96. The molecular weight excluding hydrogens is 294 g/mol. The Balaban J connectivity index is 2.19. The number of nitrogens with zero attached hydrogens (tertiary/aromatic N) is 2. The van der Waals surface area contributed by atoms with E-state index in [1.807, 2.05) is 44.2 Å². The highest BCUT2D eigenvalue weighted by Gasteiger charge is 2.24. The van der Waals surface area contributed by atoms with Gasteiger partial charge in [-0.1, -0.05) is 32.0 Å². The molecule has 0 unspecified atom stereocenters. The maximum absolute atomic E-state index is 12.4. The van der Waals surface area contributed by atoms with E-state index in [1.165, 1.54) is 0 Å². The van der Waals surface area contributed by atoms with Crippen LogP contribution in [0.1, 0.15) is 36.3 Å². The summed E-state index contributed by atoms with van der Waals surface area (Å²) in [6, 6.07) is 8.52. The van der Waals surface area contributed by atoms with Gasteiger partial charge in [-0.2, -0.15) is 5.10 Å². The summed E-state index contributed by atoms with van der Waals surface area (Å²) in [4.78, 5) is 23.6. The molecule has 1 amide bonds. The summed E-state index contributed by atoms with van der Waals surface area (Å²) in [5, 5.41) is 16.1. The van der Waals surface area contributed by atoms with Gasteiger partial charge in [0.25, 0.3) is 5.91 Å². The van der Waals surface area contributed by atoms with E-state index < -0.39 is 17.9 Å². The predicted molar refractivity (Wildman–Crippen MR) is 86.6 cm³/mol. The average molecular weight is 315 g/mol. The molecular formula is C17H21N3O3. The fourth-order valence-electron chi connectivity index (χ4n) is 2.32. The van der Waals surface area contributed by atoms with Gasteiger partial charge < -0.3 is 10.4 Å². The summed E-state index contributed by atoms with van der Waals surface area (Å²) < 4.78 is 1.61. The van der Waals surface area contributed by atoms with Crippen LogP contribution in [0, 0.1) is 12.8 Å². The SMILES string of the molecule is Cc1cn(-c2ccccc2)nc1C(=O)N[C@@H](CC(C)C)C(=O)O. The Hall–Kier alpha value is -2.63. The lowest BCUT2D eigenvalue weighted by Crippen LogP contribution is -2.42. The molecule has 0 aliphatic carbocycles. The topological polar surface area (TPSA) is 84.2 Å². The molecule has 6 nitrogen and oxygen atoms in total. The molecule has 0 spiro atoms. The number of benzene rings is 1. The summed E-state index contributed by atoms with van der Waals surface area (Å²) in [5.74, 6) is -1.34. The van der Waals surface area contributed by atoms with E-state index in [-0.39, 0.29) is 11.6 Å². The van der Waals surface area contributed by atoms with Gasteiger partial charge in [-0.05, 0) is 31.4 Å².